The molecule has 0 spiro atoms. The molecule has 20 heavy (non-hydrogen) atoms. The fourth-order valence-corrected chi connectivity index (χ4v) is 4.27. The van der Waals surface area contributed by atoms with E-state index in [-0.39, 0.29) is 4.75 Å². The zero-order valence-corrected chi connectivity index (χ0v) is 12.6. The Bertz CT molecular complexity index is 573. The zero-order chi connectivity index (χ0) is 13.8. The number of hydrogen-bond acceptors (Lipinski definition) is 1. The molecule has 2 aromatic rings. The van der Waals surface area contributed by atoms with Crippen molar-refractivity contribution in [1.29, 1.82) is 0 Å². The van der Waals surface area contributed by atoms with Crippen molar-refractivity contribution in [2.45, 2.75) is 30.4 Å². The molecule has 1 aliphatic heterocycles. The van der Waals surface area contributed by atoms with Crippen LogP contribution in [-0.2, 0) is 4.75 Å². The van der Waals surface area contributed by atoms with Gasteiger partial charge in [0.2, 0.25) is 0 Å². The Morgan fingerprint density at radius 2 is 1.65 bits per heavy atom. The van der Waals surface area contributed by atoms with E-state index >= 15 is 0 Å². The third-order valence-electron chi connectivity index (χ3n) is 4.25. The van der Waals surface area contributed by atoms with E-state index in [1.165, 1.54) is 17.5 Å². The zero-order valence-electron chi connectivity index (χ0n) is 11.8. The third kappa shape index (κ3) is 2.55. The molecule has 0 aromatic heterocycles. The monoisotopic (exact) mass is 280 g/mol. The van der Waals surface area contributed by atoms with Gasteiger partial charge in [0, 0.05) is 10.7 Å². The highest BCUT2D eigenvalue weighted by molar-refractivity contribution is 8.03. The average molecular weight is 280 g/mol. The number of allylic oxidation sites excluding steroid dienone is 1. The lowest BCUT2D eigenvalue weighted by Crippen LogP contribution is -2.25. The fraction of sp³-hybridized carbons (Fsp3) is 0.263. The molecule has 0 N–H and O–H groups in total. The lowest BCUT2D eigenvalue weighted by atomic mass is 9.82. The normalized spacial score (nSPS) is 25.6. The smallest absolute Gasteiger partial charge is 0.0455 e. The second kappa shape index (κ2) is 5.88. The van der Waals surface area contributed by atoms with Crippen LogP contribution in [0.25, 0.3) is 0 Å². The third-order valence-corrected chi connectivity index (χ3v) is 5.69. The molecular weight excluding hydrogens is 260 g/mol. The molecule has 0 saturated carbocycles. The van der Waals surface area contributed by atoms with Gasteiger partial charge in [-0.2, -0.15) is 0 Å². The maximum absolute atomic E-state index is 2.36. The van der Waals surface area contributed by atoms with Crippen molar-refractivity contribution in [3.8, 4) is 0 Å². The van der Waals surface area contributed by atoms with Crippen LogP contribution in [-0.4, -0.2) is 0 Å². The van der Waals surface area contributed by atoms with E-state index in [1.807, 2.05) is 11.8 Å². The van der Waals surface area contributed by atoms with E-state index in [2.05, 4.69) is 79.1 Å². The standard InChI is InChI=1S/C19H20S/c1-2-19(18-11-7-4-8-12-18)15-17(13-14-20-19)16-9-5-3-6-10-16/h3-14,17H,2,15H2,1H3/t17-,19+/m1/s1. The number of hydrogen-bond donors (Lipinski definition) is 0. The van der Waals surface area contributed by atoms with Crippen molar-refractivity contribution in [3.05, 3.63) is 83.3 Å². The Morgan fingerprint density at radius 1 is 1.00 bits per heavy atom. The first kappa shape index (κ1) is 13.5. The summed E-state index contributed by atoms with van der Waals surface area (Å²) < 4.78 is 0.219. The maximum atomic E-state index is 2.36. The van der Waals surface area contributed by atoms with Gasteiger partial charge in [0.05, 0.1) is 0 Å². The van der Waals surface area contributed by atoms with Crippen molar-refractivity contribution in [2.24, 2.45) is 0 Å². The first-order valence-electron chi connectivity index (χ1n) is 7.29. The summed E-state index contributed by atoms with van der Waals surface area (Å²) in [5.41, 5.74) is 2.88. The van der Waals surface area contributed by atoms with Crippen LogP contribution in [0.5, 0.6) is 0 Å². The van der Waals surface area contributed by atoms with Gasteiger partial charge in [-0.05, 0) is 29.4 Å². The molecule has 0 nitrogen and oxygen atoms in total. The Labute approximate surface area is 125 Å². The second-order valence-electron chi connectivity index (χ2n) is 5.38. The lowest BCUT2D eigenvalue weighted by Gasteiger charge is -2.37. The summed E-state index contributed by atoms with van der Waals surface area (Å²) in [6, 6.07) is 21.8. The Hall–Kier alpha value is -1.47. The molecule has 102 valence electrons. The first-order valence-corrected chi connectivity index (χ1v) is 8.17. The van der Waals surface area contributed by atoms with Crippen LogP contribution < -0.4 is 0 Å². The molecule has 2 aromatic carbocycles. The number of rotatable bonds is 3. The van der Waals surface area contributed by atoms with Gasteiger partial charge in [0.1, 0.15) is 0 Å². The van der Waals surface area contributed by atoms with Crippen molar-refractivity contribution < 1.29 is 0 Å². The molecule has 3 rings (SSSR count). The number of benzene rings is 2. The van der Waals surface area contributed by atoms with Crippen molar-refractivity contribution >= 4 is 11.8 Å². The van der Waals surface area contributed by atoms with E-state index in [9.17, 15) is 0 Å². The van der Waals surface area contributed by atoms with Crippen molar-refractivity contribution in [3.63, 3.8) is 0 Å². The SMILES string of the molecule is CC[C@@]1(c2ccccc2)C[C@H](c2ccccc2)C=CS1. The van der Waals surface area contributed by atoms with Crippen LogP contribution in [0.3, 0.4) is 0 Å². The van der Waals surface area contributed by atoms with E-state index < -0.39 is 0 Å². The summed E-state index contributed by atoms with van der Waals surface area (Å²) >= 11 is 1.98. The van der Waals surface area contributed by atoms with Crippen LogP contribution in [0.4, 0.5) is 0 Å². The van der Waals surface area contributed by atoms with Crippen LogP contribution in [0.2, 0.25) is 0 Å². The molecule has 0 unspecified atom stereocenters. The minimum absolute atomic E-state index is 0.219. The Balaban J connectivity index is 1.94. The van der Waals surface area contributed by atoms with Crippen LogP contribution in [0, 0.1) is 0 Å². The van der Waals surface area contributed by atoms with Gasteiger partial charge in [-0.1, -0.05) is 73.7 Å². The molecule has 1 heterocycles. The number of thioether (sulfide) groups is 1. The predicted octanol–water partition coefficient (Wildman–Crippen LogP) is 5.73. The summed E-state index contributed by atoms with van der Waals surface area (Å²) in [4.78, 5) is 0. The van der Waals surface area contributed by atoms with Gasteiger partial charge >= 0.3 is 0 Å². The molecule has 0 bridgehead atoms. The molecule has 1 aliphatic rings. The quantitative estimate of drug-likeness (QED) is 0.692. The summed E-state index contributed by atoms with van der Waals surface area (Å²) in [7, 11) is 0. The van der Waals surface area contributed by atoms with Gasteiger partial charge in [-0.25, -0.2) is 0 Å². The maximum Gasteiger partial charge on any atom is 0.0455 e. The van der Waals surface area contributed by atoms with E-state index in [1.54, 1.807) is 0 Å². The summed E-state index contributed by atoms with van der Waals surface area (Å²) in [5, 5.41) is 2.30. The lowest BCUT2D eigenvalue weighted by molar-refractivity contribution is 0.517. The second-order valence-corrected chi connectivity index (χ2v) is 6.67. The summed E-state index contributed by atoms with van der Waals surface area (Å²) in [6.07, 6.45) is 4.70. The molecule has 0 saturated heterocycles. The van der Waals surface area contributed by atoms with Crippen molar-refractivity contribution in [1.82, 2.24) is 0 Å². The summed E-state index contributed by atoms with van der Waals surface area (Å²) in [6.45, 7) is 2.31. The molecule has 1 heteroatoms. The van der Waals surface area contributed by atoms with Gasteiger partial charge < -0.3 is 0 Å². The van der Waals surface area contributed by atoms with Gasteiger partial charge in [0.15, 0.2) is 0 Å². The average Bonchev–Trinajstić information content (AvgIpc) is 2.56. The van der Waals surface area contributed by atoms with E-state index in [0.717, 1.165) is 6.42 Å². The molecule has 2 atom stereocenters. The predicted molar refractivity (Wildman–Crippen MR) is 88.9 cm³/mol. The highest BCUT2D eigenvalue weighted by Gasteiger charge is 2.35. The largest absolute Gasteiger partial charge is 0.123 e. The highest BCUT2D eigenvalue weighted by atomic mass is 32.2. The summed E-state index contributed by atoms with van der Waals surface area (Å²) in [5.74, 6) is 0.526. The van der Waals surface area contributed by atoms with Gasteiger partial charge in [-0.3, -0.25) is 0 Å². The van der Waals surface area contributed by atoms with E-state index in [4.69, 9.17) is 0 Å². The molecule has 0 fully saturated rings. The van der Waals surface area contributed by atoms with Gasteiger partial charge in [-0.15, -0.1) is 11.8 Å². The highest BCUT2D eigenvalue weighted by Crippen LogP contribution is 2.50. The Kier molecular flexibility index (Phi) is 3.98. The van der Waals surface area contributed by atoms with Crippen LogP contribution >= 0.6 is 11.8 Å². The van der Waals surface area contributed by atoms with Crippen LogP contribution in [0.1, 0.15) is 36.8 Å². The first-order chi connectivity index (χ1) is 9.84. The van der Waals surface area contributed by atoms with Crippen LogP contribution in [0.15, 0.2) is 72.1 Å². The van der Waals surface area contributed by atoms with E-state index in [0.29, 0.717) is 5.92 Å². The van der Waals surface area contributed by atoms with Crippen molar-refractivity contribution in [2.75, 3.05) is 0 Å². The minimum Gasteiger partial charge on any atom is -0.123 e. The minimum atomic E-state index is 0.219. The molecule has 0 amide bonds. The Morgan fingerprint density at radius 3 is 2.30 bits per heavy atom. The molecule has 0 radical (unpaired) electrons. The molecular formula is C19H20S. The molecule has 0 aliphatic carbocycles. The van der Waals surface area contributed by atoms with Gasteiger partial charge in [0.25, 0.3) is 0 Å². The topological polar surface area (TPSA) is 0 Å². The fourth-order valence-electron chi connectivity index (χ4n) is 3.02.